The zero-order valence-electron chi connectivity index (χ0n) is 10.2. The summed E-state index contributed by atoms with van der Waals surface area (Å²) in [5.74, 6) is -1.40. The number of anilines is 1. The number of hydrogen-bond acceptors (Lipinski definition) is 3. The standard InChI is InChI=1S/C14H11F2NO3/c15-14(16)20-12-7-9(13(18)19)3-6-11(12)8-1-4-10(17)5-2-8/h1-7,14H,17H2,(H,18,19). The highest BCUT2D eigenvalue weighted by molar-refractivity contribution is 5.89. The molecule has 3 N–H and O–H groups in total. The van der Waals surface area contributed by atoms with E-state index in [4.69, 9.17) is 10.8 Å². The second-order valence-electron chi connectivity index (χ2n) is 4.02. The van der Waals surface area contributed by atoms with E-state index in [0.29, 0.717) is 16.8 Å². The average molecular weight is 279 g/mol. The van der Waals surface area contributed by atoms with Crippen LogP contribution in [0.5, 0.6) is 5.75 Å². The summed E-state index contributed by atoms with van der Waals surface area (Å²) in [6, 6.07) is 10.3. The smallest absolute Gasteiger partial charge is 0.387 e. The topological polar surface area (TPSA) is 72.6 Å². The first-order valence-corrected chi connectivity index (χ1v) is 5.65. The predicted molar refractivity (Wildman–Crippen MR) is 69.9 cm³/mol. The number of hydrogen-bond donors (Lipinski definition) is 2. The van der Waals surface area contributed by atoms with Crippen LogP contribution in [0.2, 0.25) is 0 Å². The third-order valence-electron chi connectivity index (χ3n) is 2.67. The van der Waals surface area contributed by atoms with Gasteiger partial charge in [0.2, 0.25) is 0 Å². The van der Waals surface area contributed by atoms with E-state index in [1.807, 2.05) is 0 Å². The first kappa shape index (κ1) is 13.8. The number of aromatic carboxylic acids is 1. The molecule has 0 aromatic heterocycles. The zero-order chi connectivity index (χ0) is 14.7. The van der Waals surface area contributed by atoms with Gasteiger partial charge in [-0.05, 0) is 35.9 Å². The minimum Gasteiger partial charge on any atom is -0.478 e. The fraction of sp³-hybridized carbons (Fsp3) is 0.0714. The van der Waals surface area contributed by atoms with Crippen molar-refractivity contribution in [2.45, 2.75) is 6.61 Å². The van der Waals surface area contributed by atoms with Crippen LogP contribution in [0.25, 0.3) is 11.1 Å². The van der Waals surface area contributed by atoms with Gasteiger partial charge in [0.25, 0.3) is 0 Å². The van der Waals surface area contributed by atoms with Crippen LogP contribution >= 0.6 is 0 Å². The molecule has 2 rings (SSSR count). The SMILES string of the molecule is Nc1ccc(-c2ccc(C(=O)O)cc2OC(F)F)cc1. The Morgan fingerprint density at radius 1 is 1.15 bits per heavy atom. The van der Waals surface area contributed by atoms with Crippen LogP contribution in [0, 0.1) is 0 Å². The van der Waals surface area contributed by atoms with E-state index in [0.717, 1.165) is 6.07 Å². The molecule has 104 valence electrons. The van der Waals surface area contributed by atoms with Gasteiger partial charge in [-0.2, -0.15) is 8.78 Å². The summed E-state index contributed by atoms with van der Waals surface area (Å²) >= 11 is 0. The Morgan fingerprint density at radius 3 is 2.35 bits per heavy atom. The summed E-state index contributed by atoms with van der Waals surface area (Å²) in [7, 11) is 0. The molecule has 0 spiro atoms. The van der Waals surface area contributed by atoms with Crippen LogP contribution in [0.15, 0.2) is 42.5 Å². The molecule has 0 aliphatic carbocycles. The first-order chi connectivity index (χ1) is 9.47. The molecule has 0 aliphatic rings. The van der Waals surface area contributed by atoms with Gasteiger partial charge < -0.3 is 15.6 Å². The second-order valence-corrected chi connectivity index (χ2v) is 4.02. The van der Waals surface area contributed by atoms with Crippen molar-refractivity contribution in [2.75, 3.05) is 5.73 Å². The van der Waals surface area contributed by atoms with Crippen LogP contribution in [0.1, 0.15) is 10.4 Å². The Balaban J connectivity index is 2.50. The van der Waals surface area contributed by atoms with E-state index in [9.17, 15) is 13.6 Å². The summed E-state index contributed by atoms with van der Waals surface area (Å²) in [5, 5.41) is 8.88. The molecule has 0 heterocycles. The average Bonchev–Trinajstić information content (AvgIpc) is 2.39. The van der Waals surface area contributed by atoms with Crippen LogP contribution < -0.4 is 10.5 Å². The largest absolute Gasteiger partial charge is 0.478 e. The Labute approximate surface area is 113 Å². The molecule has 4 nitrogen and oxygen atoms in total. The molecular weight excluding hydrogens is 268 g/mol. The number of nitrogens with two attached hydrogens (primary N) is 1. The molecule has 20 heavy (non-hydrogen) atoms. The second kappa shape index (κ2) is 5.56. The summed E-state index contributed by atoms with van der Waals surface area (Å²) in [6.45, 7) is -3.04. The quantitative estimate of drug-likeness (QED) is 0.843. The van der Waals surface area contributed by atoms with E-state index in [1.165, 1.54) is 12.1 Å². The van der Waals surface area contributed by atoms with Crippen LogP contribution in [0.4, 0.5) is 14.5 Å². The fourth-order valence-electron chi connectivity index (χ4n) is 1.75. The number of nitrogen functional groups attached to an aromatic ring is 1. The third-order valence-corrected chi connectivity index (χ3v) is 2.67. The van der Waals surface area contributed by atoms with Crippen molar-refractivity contribution >= 4 is 11.7 Å². The number of carboxylic acid groups (broad SMARTS) is 1. The van der Waals surface area contributed by atoms with E-state index in [2.05, 4.69) is 4.74 Å². The van der Waals surface area contributed by atoms with E-state index in [1.54, 1.807) is 24.3 Å². The molecule has 0 amide bonds. The molecule has 0 fully saturated rings. The lowest BCUT2D eigenvalue weighted by Crippen LogP contribution is -2.05. The highest BCUT2D eigenvalue weighted by Crippen LogP contribution is 2.32. The maximum atomic E-state index is 12.4. The van der Waals surface area contributed by atoms with Gasteiger partial charge in [-0.1, -0.05) is 12.1 Å². The third kappa shape index (κ3) is 3.03. The van der Waals surface area contributed by atoms with Crippen LogP contribution in [-0.4, -0.2) is 17.7 Å². The summed E-state index contributed by atoms with van der Waals surface area (Å²) in [4.78, 5) is 10.9. The van der Waals surface area contributed by atoms with E-state index < -0.39 is 12.6 Å². The number of carboxylic acids is 1. The number of rotatable bonds is 4. The van der Waals surface area contributed by atoms with Gasteiger partial charge in [-0.25, -0.2) is 4.79 Å². The summed E-state index contributed by atoms with van der Waals surface area (Å²) in [5.41, 5.74) is 6.94. The summed E-state index contributed by atoms with van der Waals surface area (Å²) in [6.07, 6.45) is 0. The molecule has 0 unspecified atom stereocenters. The Bertz CT molecular complexity index is 627. The minimum absolute atomic E-state index is 0.125. The van der Waals surface area contributed by atoms with Gasteiger partial charge in [0.15, 0.2) is 0 Å². The van der Waals surface area contributed by atoms with Crippen molar-refractivity contribution in [3.05, 3.63) is 48.0 Å². The maximum Gasteiger partial charge on any atom is 0.387 e. The lowest BCUT2D eigenvalue weighted by Gasteiger charge is -2.12. The normalized spacial score (nSPS) is 10.6. The van der Waals surface area contributed by atoms with Gasteiger partial charge in [0, 0.05) is 11.3 Å². The number of ether oxygens (including phenoxy) is 1. The molecule has 2 aromatic carbocycles. The Morgan fingerprint density at radius 2 is 1.80 bits per heavy atom. The van der Waals surface area contributed by atoms with Crippen molar-refractivity contribution in [3.8, 4) is 16.9 Å². The van der Waals surface area contributed by atoms with Gasteiger partial charge in [-0.15, -0.1) is 0 Å². The van der Waals surface area contributed by atoms with Crippen molar-refractivity contribution in [2.24, 2.45) is 0 Å². The van der Waals surface area contributed by atoms with Crippen molar-refractivity contribution in [1.82, 2.24) is 0 Å². The predicted octanol–water partition coefficient (Wildman–Crippen LogP) is 3.24. The molecule has 0 atom stereocenters. The molecule has 0 saturated heterocycles. The van der Waals surface area contributed by atoms with Crippen LogP contribution in [0.3, 0.4) is 0 Å². The lowest BCUT2D eigenvalue weighted by atomic mass is 10.0. The van der Waals surface area contributed by atoms with Gasteiger partial charge in [-0.3, -0.25) is 0 Å². The highest BCUT2D eigenvalue weighted by atomic mass is 19.3. The van der Waals surface area contributed by atoms with E-state index >= 15 is 0 Å². The Kier molecular flexibility index (Phi) is 3.84. The summed E-state index contributed by atoms with van der Waals surface area (Å²) < 4.78 is 29.2. The van der Waals surface area contributed by atoms with Gasteiger partial charge in [0.05, 0.1) is 5.56 Å². The lowest BCUT2D eigenvalue weighted by molar-refractivity contribution is -0.0495. The zero-order valence-corrected chi connectivity index (χ0v) is 10.2. The molecule has 6 heteroatoms. The number of alkyl halides is 2. The van der Waals surface area contributed by atoms with Crippen molar-refractivity contribution in [1.29, 1.82) is 0 Å². The fourth-order valence-corrected chi connectivity index (χ4v) is 1.75. The van der Waals surface area contributed by atoms with Gasteiger partial charge in [0.1, 0.15) is 5.75 Å². The maximum absolute atomic E-state index is 12.4. The van der Waals surface area contributed by atoms with Crippen molar-refractivity contribution < 1.29 is 23.4 Å². The monoisotopic (exact) mass is 279 g/mol. The molecule has 0 bridgehead atoms. The molecule has 2 aromatic rings. The molecular formula is C14H11F2NO3. The number of benzene rings is 2. The Hall–Kier alpha value is -2.63. The molecule has 0 radical (unpaired) electrons. The van der Waals surface area contributed by atoms with Crippen LogP contribution in [-0.2, 0) is 0 Å². The molecule has 0 aliphatic heterocycles. The van der Waals surface area contributed by atoms with E-state index in [-0.39, 0.29) is 11.3 Å². The van der Waals surface area contributed by atoms with Crippen molar-refractivity contribution in [3.63, 3.8) is 0 Å². The first-order valence-electron chi connectivity index (χ1n) is 5.65. The number of halogens is 2. The highest BCUT2D eigenvalue weighted by Gasteiger charge is 2.14. The number of carbonyl (C=O) groups is 1. The molecule has 0 saturated carbocycles. The minimum atomic E-state index is -3.04. The van der Waals surface area contributed by atoms with Gasteiger partial charge >= 0.3 is 12.6 Å².